The van der Waals surface area contributed by atoms with Crippen LogP contribution in [-0.4, -0.2) is 42.7 Å². The van der Waals surface area contributed by atoms with E-state index in [9.17, 15) is 4.79 Å². The zero-order chi connectivity index (χ0) is 10.3. The standard InChI is InChI=1S/C8H19N3O2/c1-11(2)8(12)7(10-13)5-3-4-6-9/h7,10,13H,3-6,9H2,1-2H3/t7-/m0/s1. The average Bonchev–Trinajstić information content (AvgIpc) is 2.11. The van der Waals surface area contributed by atoms with Crippen molar-refractivity contribution < 1.29 is 10.0 Å². The highest BCUT2D eigenvalue weighted by Gasteiger charge is 2.17. The van der Waals surface area contributed by atoms with Crippen molar-refractivity contribution in [2.24, 2.45) is 5.73 Å². The lowest BCUT2D eigenvalue weighted by molar-refractivity contribution is -0.133. The molecule has 0 aromatic heterocycles. The number of hydroxylamine groups is 1. The minimum atomic E-state index is -0.499. The maximum absolute atomic E-state index is 11.3. The van der Waals surface area contributed by atoms with Crippen LogP contribution in [0.1, 0.15) is 19.3 Å². The Kier molecular flexibility index (Phi) is 6.48. The van der Waals surface area contributed by atoms with Crippen LogP contribution < -0.4 is 11.2 Å². The number of nitrogens with zero attached hydrogens (tertiary/aromatic N) is 1. The van der Waals surface area contributed by atoms with Crippen LogP contribution in [0.3, 0.4) is 0 Å². The highest BCUT2D eigenvalue weighted by molar-refractivity contribution is 5.81. The number of nitrogens with one attached hydrogen (secondary N) is 1. The summed E-state index contributed by atoms with van der Waals surface area (Å²) in [5, 5.41) is 8.72. The predicted molar refractivity (Wildman–Crippen MR) is 50.3 cm³/mol. The van der Waals surface area contributed by atoms with Gasteiger partial charge in [0.2, 0.25) is 5.91 Å². The van der Waals surface area contributed by atoms with Gasteiger partial charge in [0.15, 0.2) is 0 Å². The summed E-state index contributed by atoms with van der Waals surface area (Å²) in [6, 6.07) is -0.499. The van der Waals surface area contributed by atoms with E-state index in [1.807, 2.05) is 5.48 Å². The molecular weight excluding hydrogens is 170 g/mol. The molecule has 0 heterocycles. The van der Waals surface area contributed by atoms with Crippen molar-refractivity contribution in [3.8, 4) is 0 Å². The lowest BCUT2D eigenvalue weighted by Crippen LogP contribution is -2.42. The molecule has 13 heavy (non-hydrogen) atoms. The molecule has 0 unspecified atom stereocenters. The fraction of sp³-hybridized carbons (Fsp3) is 0.875. The Bertz CT molecular complexity index is 150. The van der Waals surface area contributed by atoms with Crippen molar-refractivity contribution in [1.29, 1.82) is 0 Å². The molecule has 0 aromatic carbocycles. The summed E-state index contributed by atoms with van der Waals surface area (Å²) in [7, 11) is 3.32. The van der Waals surface area contributed by atoms with Crippen LogP contribution in [0.25, 0.3) is 0 Å². The first-order chi connectivity index (χ1) is 6.13. The third-order valence-corrected chi connectivity index (χ3v) is 1.84. The van der Waals surface area contributed by atoms with Crippen LogP contribution in [0.4, 0.5) is 0 Å². The van der Waals surface area contributed by atoms with Crippen LogP contribution in [0.2, 0.25) is 0 Å². The van der Waals surface area contributed by atoms with Gasteiger partial charge in [-0.2, -0.15) is 5.48 Å². The Labute approximate surface area is 78.9 Å². The van der Waals surface area contributed by atoms with Gasteiger partial charge in [-0.05, 0) is 19.4 Å². The zero-order valence-electron chi connectivity index (χ0n) is 8.29. The van der Waals surface area contributed by atoms with Gasteiger partial charge in [-0.1, -0.05) is 6.42 Å². The summed E-state index contributed by atoms with van der Waals surface area (Å²) in [6.45, 7) is 0.619. The van der Waals surface area contributed by atoms with Gasteiger partial charge in [-0.25, -0.2) is 0 Å². The molecule has 1 amide bonds. The maximum atomic E-state index is 11.3. The molecule has 5 heteroatoms. The second-order valence-electron chi connectivity index (χ2n) is 3.20. The fourth-order valence-electron chi connectivity index (χ4n) is 1.05. The second-order valence-corrected chi connectivity index (χ2v) is 3.20. The summed E-state index contributed by atoms with van der Waals surface area (Å²) in [5.74, 6) is -0.112. The molecule has 0 bridgehead atoms. The number of rotatable bonds is 6. The number of hydrogen-bond acceptors (Lipinski definition) is 4. The zero-order valence-corrected chi connectivity index (χ0v) is 8.29. The molecule has 0 aromatic rings. The molecule has 0 fully saturated rings. The van der Waals surface area contributed by atoms with Crippen molar-refractivity contribution in [1.82, 2.24) is 10.4 Å². The molecule has 1 atom stereocenters. The first kappa shape index (κ1) is 12.3. The average molecular weight is 189 g/mol. The van der Waals surface area contributed by atoms with E-state index in [0.717, 1.165) is 12.8 Å². The quantitative estimate of drug-likeness (QED) is 0.390. The summed E-state index contributed by atoms with van der Waals surface area (Å²) in [4.78, 5) is 12.8. The molecule has 0 rings (SSSR count). The first-order valence-corrected chi connectivity index (χ1v) is 4.44. The SMILES string of the molecule is CN(C)C(=O)[C@H](CCCCN)NO. The third kappa shape index (κ3) is 4.82. The number of unbranched alkanes of at least 4 members (excludes halogenated alkanes) is 1. The van der Waals surface area contributed by atoms with E-state index >= 15 is 0 Å². The van der Waals surface area contributed by atoms with E-state index in [-0.39, 0.29) is 5.91 Å². The molecule has 4 N–H and O–H groups in total. The van der Waals surface area contributed by atoms with Crippen molar-refractivity contribution in [2.45, 2.75) is 25.3 Å². The van der Waals surface area contributed by atoms with Gasteiger partial charge in [0.05, 0.1) is 0 Å². The Hall–Kier alpha value is -0.650. The molecular formula is C8H19N3O2. The Morgan fingerprint density at radius 2 is 2.15 bits per heavy atom. The summed E-state index contributed by atoms with van der Waals surface area (Å²) >= 11 is 0. The summed E-state index contributed by atoms with van der Waals surface area (Å²) in [6.07, 6.45) is 2.33. The smallest absolute Gasteiger partial charge is 0.241 e. The van der Waals surface area contributed by atoms with E-state index in [1.165, 1.54) is 4.90 Å². The van der Waals surface area contributed by atoms with Crippen LogP contribution in [0, 0.1) is 0 Å². The van der Waals surface area contributed by atoms with Gasteiger partial charge in [-0.3, -0.25) is 4.79 Å². The molecule has 0 aliphatic carbocycles. The van der Waals surface area contributed by atoms with Gasteiger partial charge in [0.1, 0.15) is 6.04 Å². The lowest BCUT2D eigenvalue weighted by atomic mass is 10.1. The van der Waals surface area contributed by atoms with E-state index < -0.39 is 6.04 Å². The number of carbonyl (C=O) groups is 1. The topological polar surface area (TPSA) is 78.6 Å². The molecule has 78 valence electrons. The van der Waals surface area contributed by atoms with Gasteiger partial charge < -0.3 is 15.8 Å². The fourth-order valence-corrected chi connectivity index (χ4v) is 1.05. The monoisotopic (exact) mass is 189 g/mol. The highest BCUT2D eigenvalue weighted by atomic mass is 16.5. The highest BCUT2D eigenvalue weighted by Crippen LogP contribution is 2.01. The summed E-state index contributed by atoms with van der Waals surface area (Å²) < 4.78 is 0. The number of amides is 1. The molecule has 0 aliphatic heterocycles. The van der Waals surface area contributed by atoms with Crippen molar-refractivity contribution in [3.05, 3.63) is 0 Å². The van der Waals surface area contributed by atoms with Crippen LogP contribution in [0.5, 0.6) is 0 Å². The predicted octanol–water partition coefficient (Wildman–Crippen LogP) is -0.449. The minimum absolute atomic E-state index is 0.112. The lowest BCUT2D eigenvalue weighted by Gasteiger charge is -2.18. The van der Waals surface area contributed by atoms with E-state index in [1.54, 1.807) is 14.1 Å². The number of carbonyl (C=O) groups excluding carboxylic acids is 1. The molecule has 0 saturated carbocycles. The van der Waals surface area contributed by atoms with Crippen LogP contribution >= 0.6 is 0 Å². The Morgan fingerprint density at radius 1 is 1.54 bits per heavy atom. The second kappa shape index (κ2) is 6.82. The first-order valence-electron chi connectivity index (χ1n) is 4.44. The normalized spacial score (nSPS) is 12.6. The molecule has 0 aliphatic rings. The number of hydrogen-bond donors (Lipinski definition) is 3. The molecule has 5 nitrogen and oxygen atoms in total. The van der Waals surface area contributed by atoms with E-state index in [0.29, 0.717) is 13.0 Å². The molecule has 0 saturated heterocycles. The maximum Gasteiger partial charge on any atom is 0.241 e. The summed E-state index contributed by atoms with van der Waals surface area (Å²) in [5.41, 5.74) is 7.32. The Morgan fingerprint density at radius 3 is 2.54 bits per heavy atom. The van der Waals surface area contributed by atoms with E-state index in [4.69, 9.17) is 10.9 Å². The van der Waals surface area contributed by atoms with Crippen molar-refractivity contribution >= 4 is 5.91 Å². The minimum Gasteiger partial charge on any atom is -0.347 e. The third-order valence-electron chi connectivity index (χ3n) is 1.84. The number of likely N-dealkylation sites (N-methyl/N-ethyl adjacent to an activating group) is 1. The van der Waals surface area contributed by atoms with E-state index in [2.05, 4.69) is 0 Å². The molecule has 0 radical (unpaired) electrons. The van der Waals surface area contributed by atoms with Crippen molar-refractivity contribution in [2.75, 3.05) is 20.6 Å². The molecule has 0 spiro atoms. The van der Waals surface area contributed by atoms with Crippen LogP contribution in [0.15, 0.2) is 0 Å². The van der Waals surface area contributed by atoms with Gasteiger partial charge in [-0.15, -0.1) is 0 Å². The van der Waals surface area contributed by atoms with Crippen LogP contribution in [-0.2, 0) is 4.79 Å². The van der Waals surface area contributed by atoms with Gasteiger partial charge in [0.25, 0.3) is 0 Å². The largest absolute Gasteiger partial charge is 0.347 e. The van der Waals surface area contributed by atoms with Gasteiger partial charge in [0, 0.05) is 14.1 Å². The van der Waals surface area contributed by atoms with Crippen molar-refractivity contribution in [3.63, 3.8) is 0 Å². The number of nitrogens with two attached hydrogens (primary N) is 1. The van der Waals surface area contributed by atoms with Gasteiger partial charge >= 0.3 is 0 Å². The Balaban J connectivity index is 3.81.